The monoisotopic (exact) mass is 278 g/mol. The maximum Gasteiger partial charge on any atom is 0.256 e. The Bertz CT molecular complexity index is 683. The number of benzene rings is 2. The minimum atomic E-state index is -0.302. The highest BCUT2D eigenvalue weighted by Gasteiger charge is 2.51. The molecule has 2 aliphatic heterocycles. The fourth-order valence-electron chi connectivity index (χ4n) is 3.68. The van der Waals surface area contributed by atoms with Crippen LogP contribution in [0, 0.1) is 0 Å². The number of rotatable bonds is 3. The minimum Gasteiger partial charge on any atom is -0.315 e. The summed E-state index contributed by atoms with van der Waals surface area (Å²) in [5.74, 6) is 0.170. The molecule has 0 aromatic heterocycles. The second-order valence-corrected chi connectivity index (χ2v) is 5.78. The van der Waals surface area contributed by atoms with E-state index in [0.717, 1.165) is 37.1 Å². The lowest BCUT2D eigenvalue weighted by Crippen LogP contribution is -2.46. The Kier molecular flexibility index (Phi) is 2.82. The molecule has 2 aliphatic rings. The molecule has 21 heavy (non-hydrogen) atoms. The first kappa shape index (κ1) is 12.6. The summed E-state index contributed by atoms with van der Waals surface area (Å²) in [6.07, 6.45) is 1.88. The van der Waals surface area contributed by atoms with E-state index in [-0.39, 0.29) is 11.6 Å². The molecule has 3 nitrogen and oxygen atoms in total. The number of hydrogen-bond acceptors (Lipinski definition) is 2. The lowest BCUT2D eigenvalue weighted by molar-refractivity contribution is 0.0612. The summed E-state index contributed by atoms with van der Waals surface area (Å²) in [5.41, 5.74) is 3.02. The van der Waals surface area contributed by atoms with Crippen LogP contribution < -0.4 is 5.32 Å². The number of fused-ring (bicyclic) bond motifs is 3. The van der Waals surface area contributed by atoms with Gasteiger partial charge in [0.1, 0.15) is 5.66 Å². The molecule has 3 heteroatoms. The van der Waals surface area contributed by atoms with Gasteiger partial charge in [-0.25, -0.2) is 0 Å². The molecule has 2 aromatic carbocycles. The lowest BCUT2D eigenvalue weighted by Gasteiger charge is -2.33. The Hall–Kier alpha value is -2.13. The molecule has 1 atom stereocenters. The summed E-state index contributed by atoms with van der Waals surface area (Å²) in [4.78, 5) is 14.6. The topological polar surface area (TPSA) is 32.3 Å². The molecule has 0 aliphatic carbocycles. The van der Waals surface area contributed by atoms with Crippen molar-refractivity contribution in [3.05, 3.63) is 71.3 Å². The van der Waals surface area contributed by atoms with Crippen molar-refractivity contribution < 1.29 is 4.79 Å². The molecule has 2 heterocycles. The van der Waals surface area contributed by atoms with Crippen LogP contribution in [0.5, 0.6) is 0 Å². The number of aryl methyl sites for hydroxylation is 1. The quantitative estimate of drug-likeness (QED) is 0.935. The van der Waals surface area contributed by atoms with Gasteiger partial charge in [-0.1, -0.05) is 48.5 Å². The van der Waals surface area contributed by atoms with E-state index in [1.165, 1.54) is 5.56 Å². The van der Waals surface area contributed by atoms with Gasteiger partial charge in [0.25, 0.3) is 5.91 Å². The standard InChI is InChI=1S/C18H18N2O/c21-17-15-8-4-5-9-16(15)18(19-12-13-20(17)18)11-10-14-6-2-1-3-7-14/h1-9,19H,10-13H2. The van der Waals surface area contributed by atoms with Gasteiger partial charge < -0.3 is 4.90 Å². The van der Waals surface area contributed by atoms with Crippen molar-refractivity contribution in [2.45, 2.75) is 18.5 Å². The molecule has 0 saturated carbocycles. The van der Waals surface area contributed by atoms with Gasteiger partial charge >= 0.3 is 0 Å². The second kappa shape index (κ2) is 4.71. The molecule has 106 valence electrons. The van der Waals surface area contributed by atoms with Crippen LogP contribution in [0.15, 0.2) is 54.6 Å². The molecule has 4 rings (SSSR count). The number of carbonyl (C=O) groups excluding carboxylic acids is 1. The summed E-state index contributed by atoms with van der Waals surface area (Å²) >= 11 is 0. The van der Waals surface area contributed by atoms with Crippen molar-refractivity contribution in [3.8, 4) is 0 Å². The van der Waals surface area contributed by atoms with Crippen LogP contribution in [-0.4, -0.2) is 23.9 Å². The zero-order chi connectivity index (χ0) is 14.3. The maximum atomic E-state index is 12.6. The van der Waals surface area contributed by atoms with Gasteiger partial charge in [0, 0.05) is 24.2 Å². The number of carbonyl (C=O) groups is 1. The summed E-state index contributed by atoms with van der Waals surface area (Å²) in [6.45, 7) is 1.66. The van der Waals surface area contributed by atoms with Gasteiger partial charge in [-0.05, 0) is 24.5 Å². The van der Waals surface area contributed by atoms with Gasteiger partial charge in [-0.3, -0.25) is 10.1 Å². The zero-order valence-electron chi connectivity index (χ0n) is 11.9. The van der Waals surface area contributed by atoms with Crippen LogP contribution in [0.3, 0.4) is 0 Å². The molecule has 0 spiro atoms. The average molecular weight is 278 g/mol. The second-order valence-electron chi connectivity index (χ2n) is 5.78. The maximum absolute atomic E-state index is 12.6. The number of amides is 1. The van der Waals surface area contributed by atoms with Crippen molar-refractivity contribution in [1.82, 2.24) is 10.2 Å². The molecule has 2 aromatic rings. The molecule has 1 fully saturated rings. The van der Waals surface area contributed by atoms with Crippen LogP contribution in [0.25, 0.3) is 0 Å². The van der Waals surface area contributed by atoms with E-state index in [1.807, 2.05) is 29.2 Å². The average Bonchev–Trinajstić information content (AvgIpc) is 3.06. The van der Waals surface area contributed by atoms with E-state index >= 15 is 0 Å². The highest BCUT2D eigenvalue weighted by atomic mass is 16.2. The molecule has 1 amide bonds. The predicted molar refractivity (Wildman–Crippen MR) is 81.9 cm³/mol. The first-order valence-corrected chi connectivity index (χ1v) is 7.52. The normalized spacial score (nSPS) is 23.2. The van der Waals surface area contributed by atoms with Crippen molar-refractivity contribution in [3.63, 3.8) is 0 Å². The van der Waals surface area contributed by atoms with Crippen molar-refractivity contribution in [1.29, 1.82) is 0 Å². The largest absolute Gasteiger partial charge is 0.315 e. The third kappa shape index (κ3) is 1.81. The fourth-order valence-corrected chi connectivity index (χ4v) is 3.68. The number of hydrogen-bond donors (Lipinski definition) is 1. The Morgan fingerprint density at radius 1 is 1.05 bits per heavy atom. The third-order valence-electron chi connectivity index (χ3n) is 4.68. The minimum absolute atomic E-state index is 0.170. The van der Waals surface area contributed by atoms with Crippen molar-refractivity contribution in [2.75, 3.05) is 13.1 Å². The zero-order valence-corrected chi connectivity index (χ0v) is 11.9. The van der Waals surface area contributed by atoms with E-state index in [2.05, 4.69) is 35.6 Å². The summed E-state index contributed by atoms with van der Waals surface area (Å²) in [7, 11) is 0. The Balaban J connectivity index is 1.70. The van der Waals surface area contributed by atoms with Crippen LogP contribution in [-0.2, 0) is 12.1 Å². The first-order chi connectivity index (χ1) is 10.3. The summed E-state index contributed by atoms with van der Waals surface area (Å²) in [6, 6.07) is 18.5. The highest BCUT2D eigenvalue weighted by molar-refractivity contribution is 6.00. The number of nitrogens with one attached hydrogen (secondary N) is 1. The van der Waals surface area contributed by atoms with E-state index in [4.69, 9.17) is 0 Å². The lowest BCUT2D eigenvalue weighted by atomic mass is 9.92. The highest BCUT2D eigenvalue weighted by Crippen LogP contribution is 2.42. The Morgan fingerprint density at radius 2 is 1.81 bits per heavy atom. The Labute approximate surface area is 124 Å². The van der Waals surface area contributed by atoms with Crippen LogP contribution in [0.4, 0.5) is 0 Å². The number of nitrogens with zero attached hydrogens (tertiary/aromatic N) is 1. The van der Waals surface area contributed by atoms with Gasteiger partial charge in [-0.2, -0.15) is 0 Å². The van der Waals surface area contributed by atoms with Gasteiger partial charge in [-0.15, -0.1) is 0 Å². The van der Waals surface area contributed by atoms with Gasteiger partial charge in [0.2, 0.25) is 0 Å². The van der Waals surface area contributed by atoms with E-state index < -0.39 is 0 Å². The van der Waals surface area contributed by atoms with Crippen LogP contribution in [0.2, 0.25) is 0 Å². The molecule has 1 N–H and O–H groups in total. The third-order valence-corrected chi connectivity index (χ3v) is 4.68. The first-order valence-electron chi connectivity index (χ1n) is 7.52. The molecular weight excluding hydrogens is 260 g/mol. The van der Waals surface area contributed by atoms with Crippen molar-refractivity contribution in [2.24, 2.45) is 0 Å². The summed E-state index contributed by atoms with van der Waals surface area (Å²) < 4.78 is 0. The SMILES string of the molecule is O=C1c2ccccc2C2(CCc3ccccc3)NCCN12. The van der Waals surface area contributed by atoms with Crippen molar-refractivity contribution >= 4 is 5.91 Å². The Morgan fingerprint density at radius 3 is 2.67 bits per heavy atom. The molecule has 1 saturated heterocycles. The molecule has 0 bridgehead atoms. The fraction of sp³-hybridized carbons (Fsp3) is 0.278. The van der Waals surface area contributed by atoms with E-state index in [0.29, 0.717) is 0 Å². The van der Waals surface area contributed by atoms with E-state index in [1.54, 1.807) is 0 Å². The molecular formula is C18H18N2O. The predicted octanol–water partition coefficient (Wildman–Crippen LogP) is 2.53. The van der Waals surface area contributed by atoms with E-state index in [9.17, 15) is 4.79 Å². The molecule has 1 unspecified atom stereocenters. The van der Waals surface area contributed by atoms with Gasteiger partial charge in [0.05, 0.1) is 0 Å². The molecule has 0 radical (unpaired) electrons. The smallest absolute Gasteiger partial charge is 0.256 e. The van der Waals surface area contributed by atoms with Crippen LogP contribution >= 0.6 is 0 Å². The summed E-state index contributed by atoms with van der Waals surface area (Å²) in [5, 5.41) is 3.59. The van der Waals surface area contributed by atoms with Gasteiger partial charge in [0.15, 0.2) is 0 Å². The van der Waals surface area contributed by atoms with Crippen LogP contribution in [0.1, 0.15) is 27.9 Å².